The number of amides is 1. The van der Waals surface area contributed by atoms with Gasteiger partial charge < -0.3 is 9.88 Å². The molecule has 1 aromatic heterocycles. The maximum absolute atomic E-state index is 12.8. The lowest BCUT2D eigenvalue weighted by Gasteiger charge is -2.23. The van der Waals surface area contributed by atoms with E-state index in [0.29, 0.717) is 5.69 Å². The molecule has 8 heteroatoms. The molecule has 0 bridgehead atoms. The predicted octanol–water partition coefficient (Wildman–Crippen LogP) is 2.41. The van der Waals surface area contributed by atoms with Crippen LogP contribution >= 0.6 is 0 Å². The molecular formula is C20H25N3O4S. The molecule has 1 heterocycles. The third-order valence-electron chi connectivity index (χ3n) is 4.96. The van der Waals surface area contributed by atoms with E-state index >= 15 is 0 Å². The zero-order chi connectivity index (χ0) is 20.1. The highest BCUT2D eigenvalue weighted by Crippen LogP contribution is 2.17. The van der Waals surface area contributed by atoms with Gasteiger partial charge in [-0.05, 0) is 44.0 Å². The third kappa shape index (κ3) is 4.81. The highest BCUT2D eigenvalue weighted by atomic mass is 32.2. The second-order valence-corrected chi connectivity index (χ2v) is 8.78. The van der Waals surface area contributed by atoms with Crippen LogP contribution in [-0.2, 0) is 21.4 Å². The summed E-state index contributed by atoms with van der Waals surface area (Å²) in [7, 11) is -3.88. The van der Waals surface area contributed by atoms with E-state index in [1.165, 1.54) is 29.2 Å². The zero-order valence-electron chi connectivity index (χ0n) is 15.8. The number of nitrogens with zero attached hydrogens (tertiary/aromatic N) is 1. The van der Waals surface area contributed by atoms with E-state index < -0.39 is 15.6 Å². The Morgan fingerprint density at radius 2 is 1.75 bits per heavy atom. The van der Waals surface area contributed by atoms with Gasteiger partial charge in [0.05, 0.1) is 4.90 Å². The first-order chi connectivity index (χ1) is 13.4. The highest BCUT2D eigenvalue weighted by molar-refractivity contribution is 7.92. The van der Waals surface area contributed by atoms with Crippen molar-refractivity contribution in [1.29, 1.82) is 0 Å². The van der Waals surface area contributed by atoms with Crippen molar-refractivity contribution in [2.24, 2.45) is 0 Å². The number of rotatable bonds is 6. The van der Waals surface area contributed by atoms with Crippen molar-refractivity contribution < 1.29 is 13.2 Å². The number of hydrogen-bond acceptors (Lipinski definition) is 4. The topological polar surface area (TPSA) is 97.3 Å². The largest absolute Gasteiger partial charge is 0.352 e. The summed E-state index contributed by atoms with van der Waals surface area (Å²) in [5, 5.41) is 2.98. The first kappa shape index (κ1) is 20.1. The Kier molecular flexibility index (Phi) is 6.18. The maximum atomic E-state index is 12.8. The number of hydrogen-bond donors (Lipinski definition) is 2. The standard InChI is InChI=1S/C20H25N3O4S/c1-15-12-13-18(22-28(26,27)17-10-6-3-7-11-17)20(25)23(15)14-19(24)21-16-8-4-2-5-9-16/h3,6-7,10-13,16,22H,2,4-5,8-9,14H2,1H3,(H,21,24). The van der Waals surface area contributed by atoms with Crippen LogP contribution in [0.5, 0.6) is 0 Å². The number of pyridine rings is 1. The number of carbonyl (C=O) groups excluding carboxylic acids is 1. The van der Waals surface area contributed by atoms with Crippen molar-refractivity contribution in [3.8, 4) is 0 Å². The highest BCUT2D eigenvalue weighted by Gasteiger charge is 2.19. The summed E-state index contributed by atoms with van der Waals surface area (Å²) in [6, 6.07) is 11.0. The van der Waals surface area contributed by atoms with Gasteiger partial charge in [-0.1, -0.05) is 37.5 Å². The molecule has 1 aromatic carbocycles. The van der Waals surface area contributed by atoms with E-state index in [4.69, 9.17) is 0 Å². The van der Waals surface area contributed by atoms with Crippen LogP contribution in [0.25, 0.3) is 0 Å². The number of aromatic nitrogens is 1. The Morgan fingerprint density at radius 3 is 2.43 bits per heavy atom. The molecular weight excluding hydrogens is 378 g/mol. The van der Waals surface area contributed by atoms with E-state index in [0.717, 1.165) is 25.7 Å². The van der Waals surface area contributed by atoms with Crippen LogP contribution in [0.4, 0.5) is 5.69 Å². The van der Waals surface area contributed by atoms with Crippen molar-refractivity contribution in [3.05, 3.63) is 58.5 Å². The number of aryl methyl sites for hydroxylation is 1. The minimum absolute atomic E-state index is 0.0663. The van der Waals surface area contributed by atoms with Crippen LogP contribution < -0.4 is 15.6 Å². The Labute approximate surface area is 164 Å². The molecule has 0 radical (unpaired) electrons. The number of nitrogens with one attached hydrogen (secondary N) is 2. The van der Waals surface area contributed by atoms with Crippen molar-refractivity contribution in [3.63, 3.8) is 0 Å². The summed E-state index contributed by atoms with van der Waals surface area (Å²) in [6.07, 6.45) is 5.29. The monoisotopic (exact) mass is 403 g/mol. The molecule has 1 amide bonds. The number of carbonyl (C=O) groups is 1. The van der Waals surface area contributed by atoms with Gasteiger partial charge in [0, 0.05) is 11.7 Å². The molecule has 1 saturated carbocycles. The lowest BCUT2D eigenvalue weighted by Crippen LogP contribution is -2.40. The summed E-state index contributed by atoms with van der Waals surface area (Å²) < 4.78 is 28.6. The van der Waals surface area contributed by atoms with Gasteiger partial charge in [-0.2, -0.15) is 0 Å². The van der Waals surface area contributed by atoms with Gasteiger partial charge in [0.1, 0.15) is 12.2 Å². The summed E-state index contributed by atoms with van der Waals surface area (Å²) in [5.41, 5.74) is -0.0373. The Hall–Kier alpha value is -2.61. The van der Waals surface area contributed by atoms with Gasteiger partial charge in [-0.15, -0.1) is 0 Å². The van der Waals surface area contributed by atoms with Crippen molar-refractivity contribution in [1.82, 2.24) is 9.88 Å². The van der Waals surface area contributed by atoms with E-state index in [-0.39, 0.29) is 29.1 Å². The normalized spacial score (nSPS) is 15.2. The van der Waals surface area contributed by atoms with Crippen LogP contribution in [0.15, 0.2) is 52.2 Å². The molecule has 0 spiro atoms. The molecule has 3 rings (SSSR count). The molecule has 0 atom stereocenters. The minimum atomic E-state index is -3.88. The van der Waals surface area contributed by atoms with Gasteiger partial charge >= 0.3 is 0 Å². The van der Waals surface area contributed by atoms with Crippen molar-refractivity contribution in [2.45, 2.75) is 56.5 Å². The van der Waals surface area contributed by atoms with Crippen LogP contribution in [-0.4, -0.2) is 24.9 Å². The van der Waals surface area contributed by atoms with Gasteiger partial charge in [0.2, 0.25) is 5.91 Å². The van der Waals surface area contributed by atoms with Crippen molar-refractivity contribution in [2.75, 3.05) is 4.72 Å². The molecule has 2 aromatic rings. The molecule has 1 aliphatic rings. The van der Waals surface area contributed by atoms with E-state index in [1.54, 1.807) is 31.2 Å². The maximum Gasteiger partial charge on any atom is 0.275 e. The summed E-state index contributed by atoms with van der Waals surface area (Å²) in [6.45, 7) is 1.58. The number of anilines is 1. The zero-order valence-corrected chi connectivity index (χ0v) is 16.7. The van der Waals surface area contributed by atoms with E-state index in [9.17, 15) is 18.0 Å². The van der Waals surface area contributed by atoms with E-state index in [2.05, 4.69) is 10.0 Å². The summed E-state index contributed by atoms with van der Waals surface area (Å²) in [5.74, 6) is -0.236. The first-order valence-electron chi connectivity index (χ1n) is 9.44. The third-order valence-corrected chi connectivity index (χ3v) is 6.34. The van der Waals surface area contributed by atoms with Gasteiger partial charge in [0.15, 0.2) is 0 Å². The van der Waals surface area contributed by atoms with Gasteiger partial charge in [-0.25, -0.2) is 8.42 Å². The fourth-order valence-electron chi connectivity index (χ4n) is 3.41. The Balaban J connectivity index is 1.78. The predicted molar refractivity (Wildman–Crippen MR) is 108 cm³/mol. The lowest BCUT2D eigenvalue weighted by atomic mass is 9.95. The molecule has 0 aliphatic heterocycles. The molecule has 150 valence electrons. The second kappa shape index (κ2) is 8.60. The first-order valence-corrected chi connectivity index (χ1v) is 10.9. The summed E-state index contributed by atoms with van der Waals surface area (Å²) >= 11 is 0. The average molecular weight is 404 g/mol. The fraction of sp³-hybridized carbons (Fsp3) is 0.400. The van der Waals surface area contributed by atoms with Crippen LogP contribution in [0.3, 0.4) is 0 Å². The summed E-state index contributed by atoms with van der Waals surface area (Å²) in [4.78, 5) is 25.2. The van der Waals surface area contributed by atoms with Crippen molar-refractivity contribution >= 4 is 21.6 Å². The van der Waals surface area contributed by atoms with E-state index in [1.807, 2.05) is 0 Å². The smallest absolute Gasteiger partial charge is 0.275 e. The molecule has 2 N–H and O–H groups in total. The van der Waals surface area contributed by atoms with Gasteiger partial charge in [-0.3, -0.25) is 14.3 Å². The molecule has 7 nitrogen and oxygen atoms in total. The molecule has 1 aliphatic carbocycles. The molecule has 28 heavy (non-hydrogen) atoms. The van der Waals surface area contributed by atoms with Crippen LogP contribution in [0.2, 0.25) is 0 Å². The molecule has 0 unspecified atom stereocenters. The molecule has 1 fully saturated rings. The molecule has 0 saturated heterocycles. The second-order valence-electron chi connectivity index (χ2n) is 7.10. The number of sulfonamides is 1. The Bertz CT molecular complexity index is 994. The number of benzene rings is 1. The van der Waals surface area contributed by atoms with Crippen LogP contribution in [0, 0.1) is 6.92 Å². The van der Waals surface area contributed by atoms with Crippen LogP contribution in [0.1, 0.15) is 37.8 Å². The lowest BCUT2D eigenvalue weighted by molar-refractivity contribution is -0.122. The average Bonchev–Trinajstić information content (AvgIpc) is 2.69. The Morgan fingerprint density at radius 1 is 1.07 bits per heavy atom. The minimum Gasteiger partial charge on any atom is -0.352 e. The quantitative estimate of drug-likeness (QED) is 0.774. The fourth-order valence-corrected chi connectivity index (χ4v) is 4.49. The SMILES string of the molecule is Cc1ccc(NS(=O)(=O)c2ccccc2)c(=O)n1CC(=O)NC1CCCCC1. The van der Waals surface area contributed by atoms with Gasteiger partial charge in [0.25, 0.3) is 15.6 Å².